The first-order chi connectivity index (χ1) is 15.0. The average Bonchev–Trinajstić information content (AvgIpc) is 2.81. The van der Waals surface area contributed by atoms with Crippen LogP contribution in [0.25, 0.3) is 0 Å². The minimum Gasteiger partial charge on any atom is -0.457 e. The summed E-state index contributed by atoms with van der Waals surface area (Å²) >= 11 is 1.32. The van der Waals surface area contributed by atoms with Crippen molar-refractivity contribution in [2.45, 2.75) is 43.6 Å². The Labute approximate surface area is 186 Å². The summed E-state index contributed by atoms with van der Waals surface area (Å²) in [5, 5.41) is 3.02. The Morgan fingerprint density at radius 3 is 2.58 bits per heavy atom. The van der Waals surface area contributed by atoms with Crippen LogP contribution in [0.3, 0.4) is 0 Å². The van der Waals surface area contributed by atoms with Gasteiger partial charge >= 0.3 is 5.97 Å². The van der Waals surface area contributed by atoms with Gasteiger partial charge < -0.3 is 15.8 Å². The molecule has 0 atom stereocenters. The van der Waals surface area contributed by atoms with Crippen molar-refractivity contribution in [3.63, 3.8) is 0 Å². The predicted molar refractivity (Wildman–Crippen MR) is 121 cm³/mol. The van der Waals surface area contributed by atoms with Gasteiger partial charge in [0, 0.05) is 17.0 Å². The van der Waals surface area contributed by atoms with Crippen molar-refractivity contribution >= 4 is 29.5 Å². The molecule has 0 unspecified atom stereocenters. The minimum atomic E-state index is -0.531. The van der Waals surface area contributed by atoms with Crippen LogP contribution in [0.2, 0.25) is 0 Å². The summed E-state index contributed by atoms with van der Waals surface area (Å²) in [4.78, 5) is 36.9. The van der Waals surface area contributed by atoms with Crippen LogP contribution in [-0.2, 0) is 16.1 Å². The van der Waals surface area contributed by atoms with Gasteiger partial charge in [-0.15, -0.1) is 11.8 Å². The Kier molecular flexibility index (Phi) is 8.53. The number of nitrogens with one attached hydrogen (secondary N) is 1. The van der Waals surface area contributed by atoms with Gasteiger partial charge in [0.1, 0.15) is 6.61 Å². The number of primary amides is 1. The molecule has 0 heterocycles. The Morgan fingerprint density at radius 2 is 1.81 bits per heavy atom. The van der Waals surface area contributed by atoms with Gasteiger partial charge in [0.25, 0.3) is 0 Å². The highest BCUT2D eigenvalue weighted by Gasteiger charge is 2.16. The zero-order chi connectivity index (χ0) is 22.1. The van der Waals surface area contributed by atoms with Crippen molar-refractivity contribution in [2.75, 3.05) is 12.3 Å². The topological polar surface area (TPSA) is 98.5 Å². The number of ether oxygens (including phenoxy) is 1. The van der Waals surface area contributed by atoms with Crippen LogP contribution >= 0.6 is 11.8 Å². The quantitative estimate of drug-likeness (QED) is 0.455. The van der Waals surface area contributed by atoms with Crippen LogP contribution in [0, 0.1) is 5.92 Å². The largest absolute Gasteiger partial charge is 0.457 e. The summed E-state index contributed by atoms with van der Waals surface area (Å²) < 4.78 is 5.42. The second-order valence-electron chi connectivity index (χ2n) is 7.73. The van der Waals surface area contributed by atoms with Crippen molar-refractivity contribution < 1.29 is 19.1 Å². The zero-order valence-electron chi connectivity index (χ0n) is 17.5. The molecule has 3 rings (SSSR count). The molecule has 7 heteroatoms. The molecular weight excluding hydrogens is 412 g/mol. The van der Waals surface area contributed by atoms with Crippen LogP contribution < -0.4 is 11.1 Å². The highest BCUT2D eigenvalue weighted by Crippen LogP contribution is 2.25. The summed E-state index contributed by atoms with van der Waals surface area (Å²) in [5.41, 5.74) is 6.75. The van der Waals surface area contributed by atoms with E-state index in [1.165, 1.54) is 43.9 Å². The lowest BCUT2D eigenvalue weighted by Crippen LogP contribution is -2.31. The Bertz CT molecular complexity index is 925. The fourth-order valence-corrected chi connectivity index (χ4v) is 4.52. The van der Waals surface area contributed by atoms with Gasteiger partial charge in [-0.3, -0.25) is 9.59 Å². The Hall–Kier alpha value is -2.80. The van der Waals surface area contributed by atoms with Crippen LogP contribution in [0.1, 0.15) is 58.4 Å². The number of hydrogen-bond donors (Lipinski definition) is 2. The molecule has 6 nitrogen and oxygen atoms in total. The predicted octanol–water partition coefficient (Wildman–Crippen LogP) is 3.93. The molecule has 2 aromatic rings. The number of thioether (sulfide) groups is 1. The number of esters is 1. The first kappa shape index (κ1) is 22.9. The summed E-state index contributed by atoms with van der Waals surface area (Å²) in [5.74, 6) is -0.204. The molecule has 2 aromatic carbocycles. The fraction of sp³-hybridized carbons (Fsp3) is 0.375. The molecule has 1 saturated carbocycles. The molecule has 0 aromatic heterocycles. The van der Waals surface area contributed by atoms with Crippen LogP contribution in [0.15, 0.2) is 53.4 Å². The molecule has 0 bridgehead atoms. The maximum Gasteiger partial charge on any atom is 0.339 e. The molecule has 3 N–H and O–H groups in total. The van der Waals surface area contributed by atoms with E-state index in [2.05, 4.69) is 5.32 Å². The number of amides is 2. The monoisotopic (exact) mass is 440 g/mol. The first-order valence-electron chi connectivity index (χ1n) is 10.6. The maximum absolute atomic E-state index is 12.6. The molecule has 0 saturated heterocycles. The van der Waals surface area contributed by atoms with E-state index in [1.54, 1.807) is 36.4 Å². The van der Waals surface area contributed by atoms with Gasteiger partial charge in [-0.2, -0.15) is 0 Å². The summed E-state index contributed by atoms with van der Waals surface area (Å²) in [6, 6.07) is 13.8. The van der Waals surface area contributed by atoms with Gasteiger partial charge in [0.15, 0.2) is 0 Å². The highest BCUT2D eigenvalue weighted by atomic mass is 32.2. The van der Waals surface area contributed by atoms with Gasteiger partial charge in [-0.1, -0.05) is 43.5 Å². The molecule has 31 heavy (non-hydrogen) atoms. The van der Waals surface area contributed by atoms with E-state index in [-0.39, 0.29) is 18.3 Å². The van der Waals surface area contributed by atoms with E-state index < -0.39 is 11.9 Å². The van der Waals surface area contributed by atoms with Gasteiger partial charge in [0.05, 0.1) is 11.3 Å². The third-order valence-corrected chi connectivity index (χ3v) is 6.43. The van der Waals surface area contributed by atoms with E-state index in [0.29, 0.717) is 27.5 Å². The lowest BCUT2D eigenvalue weighted by Gasteiger charge is -2.21. The first-order valence-corrected chi connectivity index (χ1v) is 11.6. The van der Waals surface area contributed by atoms with Crippen molar-refractivity contribution in [3.8, 4) is 0 Å². The van der Waals surface area contributed by atoms with Crippen molar-refractivity contribution in [1.82, 2.24) is 5.32 Å². The third kappa shape index (κ3) is 7.14. The molecule has 0 aliphatic heterocycles. The van der Waals surface area contributed by atoms with Gasteiger partial charge in [0.2, 0.25) is 11.8 Å². The standard InChI is InChI=1S/C24H28N2O4S/c25-23(28)19-10-6-9-18(13-19)15-30-24(29)20-11-4-5-12-21(20)31-16-22(27)26-14-17-7-2-1-3-8-17/h4-6,9-13,17H,1-3,7-8,14-16H2,(H2,25,28)(H,26,27). The van der Waals surface area contributed by atoms with Crippen LogP contribution in [0.5, 0.6) is 0 Å². The molecule has 2 amide bonds. The molecule has 0 radical (unpaired) electrons. The van der Waals surface area contributed by atoms with Crippen molar-refractivity contribution in [2.24, 2.45) is 11.7 Å². The second-order valence-corrected chi connectivity index (χ2v) is 8.75. The van der Waals surface area contributed by atoms with Gasteiger partial charge in [-0.05, 0) is 48.6 Å². The Morgan fingerprint density at radius 1 is 1.03 bits per heavy atom. The summed E-state index contributed by atoms with van der Waals surface area (Å²) in [7, 11) is 0. The molecule has 1 aliphatic carbocycles. The highest BCUT2D eigenvalue weighted by molar-refractivity contribution is 8.00. The lowest BCUT2D eigenvalue weighted by molar-refractivity contribution is -0.118. The summed E-state index contributed by atoms with van der Waals surface area (Å²) in [6.45, 7) is 0.758. The molecule has 0 spiro atoms. The fourth-order valence-electron chi connectivity index (χ4n) is 3.65. The van der Waals surface area contributed by atoms with E-state index in [4.69, 9.17) is 10.5 Å². The van der Waals surface area contributed by atoms with Crippen molar-refractivity contribution in [1.29, 1.82) is 0 Å². The molecular formula is C24H28N2O4S. The third-order valence-electron chi connectivity index (χ3n) is 5.36. The number of carbonyl (C=O) groups is 3. The van der Waals surface area contributed by atoms with Crippen LogP contribution in [0.4, 0.5) is 0 Å². The number of benzene rings is 2. The average molecular weight is 441 g/mol. The second kappa shape index (κ2) is 11.6. The molecule has 1 aliphatic rings. The number of rotatable bonds is 9. The number of nitrogens with two attached hydrogens (primary N) is 1. The minimum absolute atomic E-state index is 0.0259. The van der Waals surface area contributed by atoms with Crippen LogP contribution in [-0.4, -0.2) is 30.1 Å². The van der Waals surface area contributed by atoms with Crippen molar-refractivity contribution in [3.05, 3.63) is 65.2 Å². The molecule has 1 fully saturated rings. The SMILES string of the molecule is NC(=O)c1cccc(COC(=O)c2ccccc2SCC(=O)NCC2CCCCC2)c1. The molecule has 164 valence electrons. The summed E-state index contributed by atoms with van der Waals surface area (Å²) in [6.07, 6.45) is 6.16. The van der Waals surface area contributed by atoms with Gasteiger partial charge in [-0.25, -0.2) is 4.79 Å². The van der Waals surface area contributed by atoms with E-state index in [9.17, 15) is 14.4 Å². The van der Waals surface area contributed by atoms with E-state index >= 15 is 0 Å². The van der Waals surface area contributed by atoms with E-state index in [1.807, 2.05) is 12.1 Å². The smallest absolute Gasteiger partial charge is 0.339 e. The maximum atomic E-state index is 12.6. The number of hydrogen-bond acceptors (Lipinski definition) is 5. The van der Waals surface area contributed by atoms with E-state index in [0.717, 1.165) is 6.54 Å². The zero-order valence-corrected chi connectivity index (χ0v) is 18.3. The Balaban J connectivity index is 1.51. The normalized spacial score (nSPS) is 14.1. The lowest BCUT2D eigenvalue weighted by atomic mass is 9.89. The number of carbonyl (C=O) groups excluding carboxylic acids is 3.